The number of benzene rings is 1. The zero-order chi connectivity index (χ0) is 22.7. The van der Waals surface area contributed by atoms with Crippen molar-refractivity contribution in [2.45, 2.75) is 31.0 Å². The summed E-state index contributed by atoms with van der Waals surface area (Å²) >= 11 is 3.99. The maximum absolute atomic E-state index is 12.4. The van der Waals surface area contributed by atoms with Gasteiger partial charge in [0.25, 0.3) is 0 Å². The van der Waals surface area contributed by atoms with Crippen molar-refractivity contribution in [2.24, 2.45) is 5.73 Å². The molecule has 7 N–H and O–H groups in total. The summed E-state index contributed by atoms with van der Waals surface area (Å²) < 4.78 is 0. The number of nitrogens with one attached hydrogen (secondary N) is 3. The van der Waals surface area contributed by atoms with Crippen molar-refractivity contribution in [3.8, 4) is 0 Å². The van der Waals surface area contributed by atoms with Crippen molar-refractivity contribution in [2.75, 3.05) is 12.3 Å². The minimum atomic E-state index is -1.33. The van der Waals surface area contributed by atoms with E-state index in [1.807, 2.05) is 0 Å². The van der Waals surface area contributed by atoms with E-state index < -0.39 is 60.8 Å². The van der Waals surface area contributed by atoms with Gasteiger partial charge >= 0.3 is 11.9 Å². The fourth-order valence-corrected chi connectivity index (χ4v) is 2.60. The standard InChI is InChI=1S/C18H24N4O7S/c19-11(7-15(24)25)16(26)20-8-14(23)21-13(9-30)17(27)22-12(18(28)29)6-10-4-2-1-3-5-10/h1-5,11-13,30H,6-9,19H2,(H,20,26)(H,21,23)(H,22,27)(H,24,25)(H,28,29). The number of nitrogens with two attached hydrogens (primary N) is 1. The van der Waals surface area contributed by atoms with Gasteiger partial charge in [-0.15, -0.1) is 0 Å². The molecule has 0 bridgehead atoms. The Morgan fingerprint density at radius 1 is 0.967 bits per heavy atom. The molecule has 12 heteroatoms. The number of rotatable bonds is 12. The minimum absolute atomic E-state index is 0.0483. The van der Waals surface area contributed by atoms with E-state index in [2.05, 4.69) is 28.6 Å². The first-order valence-corrected chi connectivity index (χ1v) is 9.49. The van der Waals surface area contributed by atoms with Crippen molar-refractivity contribution >= 4 is 42.3 Å². The molecule has 0 saturated heterocycles. The fraction of sp³-hybridized carbons (Fsp3) is 0.389. The third kappa shape index (κ3) is 8.92. The second-order valence-corrected chi connectivity index (χ2v) is 6.68. The predicted octanol–water partition coefficient (Wildman–Crippen LogP) is -1.87. The summed E-state index contributed by atoms with van der Waals surface area (Å²) in [5, 5.41) is 24.8. The van der Waals surface area contributed by atoms with Crippen LogP contribution in [0.15, 0.2) is 30.3 Å². The van der Waals surface area contributed by atoms with Gasteiger partial charge < -0.3 is 31.9 Å². The topological polar surface area (TPSA) is 188 Å². The Bertz CT molecular complexity index is 775. The average Bonchev–Trinajstić information content (AvgIpc) is 2.69. The van der Waals surface area contributed by atoms with Crippen LogP contribution in [0.5, 0.6) is 0 Å². The number of carboxylic acids is 2. The highest BCUT2D eigenvalue weighted by molar-refractivity contribution is 7.80. The summed E-state index contributed by atoms with van der Waals surface area (Å²) in [6.07, 6.45) is -0.556. The molecule has 0 aliphatic heterocycles. The Balaban J connectivity index is 2.59. The Morgan fingerprint density at radius 3 is 2.13 bits per heavy atom. The Kier molecular flexibility index (Phi) is 10.3. The molecule has 0 heterocycles. The maximum atomic E-state index is 12.4. The fourth-order valence-electron chi connectivity index (χ4n) is 2.34. The third-order valence-electron chi connectivity index (χ3n) is 3.89. The second-order valence-electron chi connectivity index (χ2n) is 6.31. The van der Waals surface area contributed by atoms with Crippen molar-refractivity contribution in [1.29, 1.82) is 0 Å². The molecular formula is C18H24N4O7S. The van der Waals surface area contributed by atoms with E-state index in [1.165, 1.54) is 0 Å². The van der Waals surface area contributed by atoms with Gasteiger partial charge in [-0.05, 0) is 5.56 Å². The molecule has 1 aromatic rings. The van der Waals surface area contributed by atoms with Crippen LogP contribution in [0, 0.1) is 0 Å². The molecule has 3 atom stereocenters. The average molecular weight is 440 g/mol. The van der Waals surface area contributed by atoms with Gasteiger partial charge in [0, 0.05) is 12.2 Å². The molecule has 3 amide bonds. The molecule has 0 aliphatic carbocycles. The number of carbonyl (C=O) groups excluding carboxylic acids is 3. The Labute approximate surface area is 177 Å². The van der Waals surface area contributed by atoms with Crippen LogP contribution in [0.25, 0.3) is 0 Å². The van der Waals surface area contributed by atoms with E-state index in [4.69, 9.17) is 10.8 Å². The lowest BCUT2D eigenvalue weighted by Crippen LogP contribution is -2.55. The van der Waals surface area contributed by atoms with Gasteiger partial charge in [0.15, 0.2) is 0 Å². The molecule has 0 radical (unpaired) electrons. The number of carbonyl (C=O) groups is 5. The van der Waals surface area contributed by atoms with Crippen LogP contribution >= 0.6 is 12.6 Å². The van der Waals surface area contributed by atoms with Crippen molar-refractivity contribution in [3.63, 3.8) is 0 Å². The van der Waals surface area contributed by atoms with Gasteiger partial charge in [0.2, 0.25) is 17.7 Å². The summed E-state index contributed by atoms with van der Waals surface area (Å²) in [6, 6.07) is 5.00. The molecule has 164 valence electrons. The second kappa shape index (κ2) is 12.4. The van der Waals surface area contributed by atoms with Crippen molar-refractivity contribution in [1.82, 2.24) is 16.0 Å². The molecule has 0 saturated carbocycles. The highest BCUT2D eigenvalue weighted by Crippen LogP contribution is 2.04. The van der Waals surface area contributed by atoms with E-state index in [0.717, 1.165) is 0 Å². The van der Waals surface area contributed by atoms with Crippen LogP contribution < -0.4 is 21.7 Å². The predicted molar refractivity (Wildman–Crippen MR) is 109 cm³/mol. The summed E-state index contributed by atoms with van der Waals surface area (Å²) in [4.78, 5) is 58.0. The van der Waals surface area contributed by atoms with E-state index in [0.29, 0.717) is 5.56 Å². The van der Waals surface area contributed by atoms with Crippen LogP contribution in [0.4, 0.5) is 0 Å². The number of hydrogen-bond acceptors (Lipinski definition) is 7. The smallest absolute Gasteiger partial charge is 0.326 e. The van der Waals surface area contributed by atoms with Crippen LogP contribution in [0.2, 0.25) is 0 Å². The zero-order valence-corrected chi connectivity index (χ0v) is 16.8. The summed E-state index contributed by atoms with van der Waals surface area (Å²) in [7, 11) is 0. The monoisotopic (exact) mass is 440 g/mol. The van der Waals surface area contributed by atoms with Crippen LogP contribution in [0.3, 0.4) is 0 Å². The Morgan fingerprint density at radius 2 is 1.60 bits per heavy atom. The Hall–Kier alpha value is -3.12. The van der Waals surface area contributed by atoms with E-state index in [1.54, 1.807) is 30.3 Å². The molecule has 0 aliphatic rings. The quantitative estimate of drug-likeness (QED) is 0.184. The number of carboxylic acid groups (broad SMARTS) is 2. The largest absolute Gasteiger partial charge is 0.481 e. The summed E-state index contributed by atoms with van der Waals surface area (Å²) in [5.74, 6) is -4.98. The number of hydrogen-bond donors (Lipinski definition) is 7. The van der Waals surface area contributed by atoms with Gasteiger partial charge in [0.1, 0.15) is 12.1 Å². The molecule has 0 aromatic heterocycles. The number of amides is 3. The molecule has 1 aromatic carbocycles. The molecule has 3 unspecified atom stereocenters. The lowest BCUT2D eigenvalue weighted by Gasteiger charge is -2.20. The lowest BCUT2D eigenvalue weighted by atomic mass is 10.1. The van der Waals surface area contributed by atoms with E-state index >= 15 is 0 Å². The zero-order valence-electron chi connectivity index (χ0n) is 15.9. The molecule has 30 heavy (non-hydrogen) atoms. The van der Waals surface area contributed by atoms with Crippen molar-refractivity contribution < 1.29 is 34.2 Å². The molecule has 1 rings (SSSR count). The van der Waals surface area contributed by atoms with Gasteiger partial charge in [-0.3, -0.25) is 19.2 Å². The highest BCUT2D eigenvalue weighted by Gasteiger charge is 2.26. The third-order valence-corrected chi connectivity index (χ3v) is 4.25. The first kappa shape index (κ1) is 24.9. The van der Waals surface area contributed by atoms with Crippen LogP contribution in [-0.2, 0) is 30.4 Å². The van der Waals surface area contributed by atoms with Crippen molar-refractivity contribution in [3.05, 3.63) is 35.9 Å². The number of thiol groups is 1. The molecule has 11 nitrogen and oxygen atoms in total. The van der Waals surface area contributed by atoms with E-state index in [9.17, 15) is 29.1 Å². The van der Waals surface area contributed by atoms with Crippen LogP contribution in [-0.4, -0.2) is 70.3 Å². The normalized spacial score (nSPS) is 13.4. The van der Waals surface area contributed by atoms with Crippen LogP contribution in [0.1, 0.15) is 12.0 Å². The first-order valence-electron chi connectivity index (χ1n) is 8.86. The molecule has 0 spiro atoms. The molecular weight excluding hydrogens is 416 g/mol. The van der Waals surface area contributed by atoms with Gasteiger partial charge in [0.05, 0.1) is 19.0 Å². The van der Waals surface area contributed by atoms with Gasteiger partial charge in [-0.25, -0.2) is 4.79 Å². The molecule has 0 fully saturated rings. The minimum Gasteiger partial charge on any atom is -0.481 e. The highest BCUT2D eigenvalue weighted by atomic mass is 32.1. The SMILES string of the molecule is NC(CC(=O)O)C(=O)NCC(=O)NC(CS)C(=O)NC(Cc1ccccc1)C(=O)O. The van der Waals surface area contributed by atoms with E-state index in [-0.39, 0.29) is 12.2 Å². The number of aliphatic carboxylic acids is 2. The van der Waals surface area contributed by atoms with Gasteiger partial charge in [-0.1, -0.05) is 30.3 Å². The summed E-state index contributed by atoms with van der Waals surface area (Å²) in [6.45, 7) is -0.546. The summed E-state index contributed by atoms with van der Waals surface area (Å²) in [5.41, 5.74) is 6.08. The van der Waals surface area contributed by atoms with Gasteiger partial charge in [-0.2, -0.15) is 12.6 Å². The lowest BCUT2D eigenvalue weighted by molar-refractivity contribution is -0.142. The maximum Gasteiger partial charge on any atom is 0.326 e. The first-order chi connectivity index (χ1) is 14.1.